The van der Waals surface area contributed by atoms with Gasteiger partial charge in [-0.25, -0.2) is 0 Å². The summed E-state index contributed by atoms with van der Waals surface area (Å²) >= 11 is 0. The number of amides is 3. The van der Waals surface area contributed by atoms with Gasteiger partial charge >= 0.3 is 0 Å². The van der Waals surface area contributed by atoms with Crippen molar-refractivity contribution in [2.75, 3.05) is 65.9 Å². The molecule has 0 bridgehead atoms. The Kier molecular flexibility index (Phi) is 13.1. The third kappa shape index (κ3) is 11.5. The van der Waals surface area contributed by atoms with Crippen LogP contribution in [0, 0.1) is 0 Å². The minimum Gasteiger partial charge on any atom is -0.379 e. The van der Waals surface area contributed by atoms with E-state index < -0.39 is 0 Å². The summed E-state index contributed by atoms with van der Waals surface area (Å²) in [6, 6.07) is 0. The second-order valence-electron chi connectivity index (χ2n) is 5.71. The van der Waals surface area contributed by atoms with Crippen LogP contribution in [-0.4, -0.2) is 88.6 Å². The normalized spacial score (nSPS) is 13.6. The maximum absolute atomic E-state index is 11.3. The van der Waals surface area contributed by atoms with Gasteiger partial charge in [0.25, 0.3) is 11.8 Å². The van der Waals surface area contributed by atoms with Gasteiger partial charge < -0.3 is 24.3 Å². The Labute approximate surface area is 159 Å². The van der Waals surface area contributed by atoms with Crippen LogP contribution in [-0.2, 0) is 33.3 Å². The van der Waals surface area contributed by atoms with Gasteiger partial charge in [-0.1, -0.05) is 6.92 Å². The van der Waals surface area contributed by atoms with E-state index in [1.165, 1.54) is 12.2 Å². The molecule has 0 atom stereocenters. The summed E-state index contributed by atoms with van der Waals surface area (Å²) in [7, 11) is 0. The number of hydrogen-bond acceptors (Lipinski definition) is 7. The maximum Gasteiger partial charge on any atom is 0.253 e. The molecule has 0 aromatic rings. The predicted molar refractivity (Wildman–Crippen MR) is 97.1 cm³/mol. The topological polar surface area (TPSA) is 103 Å². The first-order valence-corrected chi connectivity index (χ1v) is 9.26. The van der Waals surface area contributed by atoms with Gasteiger partial charge in [0.05, 0.1) is 59.4 Å². The number of nitrogens with zero attached hydrogens (tertiary/aromatic N) is 1. The van der Waals surface area contributed by atoms with E-state index in [9.17, 15) is 14.4 Å². The Hall–Kier alpha value is -1.81. The van der Waals surface area contributed by atoms with E-state index in [2.05, 4.69) is 5.32 Å². The molecule has 1 aliphatic rings. The molecule has 1 heterocycles. The van der Waals surface area contributed by atoms with E-state index in [1.54, 1.807) is 0 Å². The first kappa shape index (κ1) is 23.2. The largest absolute Gasteiger partial charge is 0.379 e. The molecule has 0 aromatic carbocycles. The van der Waals surface area contributed by atoms with E-state index in [0.29, 0.717) is 59.2 Å². The van der Waals surface area contributed by atoms with E-state index in [1.807, 2.05) is 6.92 Å². The molecule has 9 nitrogen and oxygen atoms in total. The molecular formula is C18H30N2O7. The maximum atomic E-state index is 11.3. The highest BCUT2D eigenvalue weighted by molar-refractivity contribution is 6.12. The van der Waals surface area contributed by atoms with E-state index >= 15 is 0 Å². The molecular weight excluding hydrogens is 356 g/mol. The van der Waals surface area contributed by atoms with Gasteiger partial charge in [-0.2, -0.15) is 0 Å². The van der Waals surface area contributed by atoms with Gasteiger partial charge in [-0.3, -0.25) is 19.3 Å². The van der Waals surface area contributed by atoms with Crippen molar-refractivity contribution in [3.8, 4) is 0 Å². The average molecular weight is 386 g/mol. The number of nitrogens with one attached hydrogen (secondary N) is 1. The molecule has 9 heteroatoms. The van der Waals surface area contributed by atoms with Crippen molar-refractivity contribution in [2.45, 2.75) is 19.8 Å². The molecule has 1 aliphatic heterocycles. The predicted octanol–water partition coefficient (Wildman–Crippen LogP) is -0.106. The van der Waals surface area contributed by atoms with Crippen LogP contribution in [0.5, 0.6) is 0 Å². The summed E-state index contributed by atoms with van der Waals surface area (Å²) in [4.78, 5) is 35.0. The fourth-order valence-corrected chi connectivity index (χ4v) is 2.09. The highest BCUT2D eigenvalue weighted by Gasteiger charge is 2.22. The van der Waals surface area contributed by atoms with Crippen molar-refractivity contribution in [1.29, 1.82) is 0 Å². The molecule has 0 spiro atoms. The van der Waals surface area contributed by atoms with Crippen molar-refractivity contribution in [1.82, 2.24) is 10.2 Å². The number of imide groups is 1. The molecule has 154 valence electrons. The molecule has 0 fully saturated rings. The SMILES string of the molecule is CCCNC(=O)CCOCCOCCOCCOCCN1C(=O)C=CC1=O. The lowest BCUT2D eigenvalue weighted by molar-refractivity contribution is -0.137. The molecule has 0 saturated heterocycles. The molecule has 0 aliphatic carbocycles. The number of rotatable bonds is 17. The second kappa shape index (κ2) is 15.3. The third-order valence-electron chi connectivity index (χ3n) is 3.52. The van der Waals surface area contributed by atoms with Gasteiger partial charge in [0.1, 0.15) is 0 Å². The smallest absolute Gasteiger partial charge is 0.253 e. The quantitative estimate of drug-likeness (QED) is 0.275. The summed E-state index contributed by atoms with van der Waals surface area (Å²) in [5, 5.41) is 2.78. The van der Waals surface area contributed by atoms with Crippen molar-refractivity contribution in [2.24, 2.45) is 0 Å². The monoisotopic (exact) mass is 386 g/mol. The van der Waals surface area contributed by atoms with Crippen LogP contribution < -0.4 is 5.32 Å². The standard InChI is InChI=1S/C18H30N2O7/c1-2-6-19-16(21)5-8-24-10-12-26-14-15-27-13-11-25-9-7-20-17(22)3-4-18(20)23/h3-4H,2,5-15H2,1H3,(H,19,21). The summed E-state index contributed by atoms with van der Waals surface area (Å²) in [6.07, 6.45) is 3.79. The molecule has 0 saturated carbocycles. The fraction of sp³-hybridized carbons (Fsp3) is 0.722. The molecule has 1 N–H and O–H groups in total. The van der Waals surface area contributed by atoms with Gasteiger partial charge in [-0.05, 0) is 6.42 Å². The Balaban J connectivity index is 1.76. The summed E-state index contributed by atoms with van der Waals surface area (Å²) < 4.78 is 21.3. The Morgan fingerprint density at radius 3 is 1.85 bits per heavy atom. The Morgan fingerprint density at radius 1 is 0.852 bits per heavy atom. The molecule has 1 rings (SSSR count). The van der Waals surface area contributed by atoms with Crippen LogP contribution in [0.1, 0.15) is 19.8 Å². The van der Waals surface area contributed by atoms with E-state index in [4.69, 9.17) is 18.9 Å². The number of ether oxygens (including phenoxy) is 4. The molecule has 0 radical (unpaired) electrons. The van der Waals surface area contributed by atoms with Gasteiger partial charge in [0, 0.05) is 25.1 Å². The second-order valence-corrected chi connectivity index (χ2v) is 5.71. The number of carbonyl (C=O) groups is 3. The lowest BCUT2D eigenvalue weighted by atomic mass is 10.4. The van der Waals surface area contributed by atoms with Crippen LogP contribution >= 0.6 is 0 Å². The molecule has 27 heavy (non-hydrogen) atoms. The highest BCUT2D eigenvalue weighted by Crippen LogP contribution is 2.02. The van der Waals surface area contributed by atoms with E-state index in [0.717, 1.165) is 11.3 Å². The number of carbonyl (C=O) groups excluding carboxylic acids is 3. The zero-order valence-electron chi connectivity index (χ0n) is 15.9. The minimum absolute atomic E-state index is 0.00341. The molecule has 0 unspecified atom stereocenters. The van der Waals surface area contributed by atoms with Crippen LogP contribution in [0.15, 0.2) is 12.2 Å². The fourth-order valence-electron chi connectivity index (χ4n) is 2.09. The van der Waals surface area contributed by atoms with Crippen LogP contribution in [0.4, 0.5) is 0 Å². The summed E-state index contributed by atoms with van der Waals surface area (Å²) in [6.45, 7) is 6.18. The average Bonchev–Trinajstić information content (AvgIpc) is 2.98. The van der Waals surface area contributed by atoms with Crippen molar-refractivity contribution < 1.29 is 33.3 Å². The molecule has 3 amide bonds. The van der Waals surface area contributed by atoms with Gasteiger partial charge in [0.15, 0.2) is 0 Å². The van der Waals surface area contributed by atoms with Crippen LogP contribution in [0.2, 0.25) is 0 Å². The molecule has 0 aromatic heterocycles. The summed E-state index contributed by atoms with van der Waals surface area (Å²) in [5.41, 5.74) is 0. The van der Waals surface area contributed by atoms with Gasteiger partial charge in [0.2, 0.25) is 5.91 Å². The van der Waals surface area contributed by atoms with Gasteiger partial charge in [-0.15, -0.1) is 0 Å². The van der Waals surface area contributed by atoms with Crippen molar-refractivity contribution >= 4 is 17.7 Å². The highest BCUT2D eigenvalue weighted by atomic mass is 16.6. The Morgan fingerprint density at radius 2 is 1.33 bits per heavy atom. The van der Waals surface area contributed by atoms with Crippen LogP contribution in [0.25, 0.3) is 0 Å². The number of hydrogen-bond donors (Lipinski definition) is 1. The van der Waals surface area contributed by atoms with Crippen molar-refractivity contribution in [3.05, 3.63) is 12.2 Å². The zero-order chi connectivity index (χ0) is 19.7. The zero-order valence-corrected chi connectivity index (χ0v) is 15.9. The Bertz CT molecular complexity index is 464. The third-order valence-corrected chi connectivity index (χ3v) is 3.52. The lowest BCUT2D eigenvalue weighted by Gasteiger charge is -2.13. The van der Waals surface area contributed by atoms with Crippen molar-refractivity contribution in [3.63, 3.8) is 0 Å². The minimum atomic E-state index is -0.305. The van der Waals surface area contributed by atoms with Crippen LogP contribution in [0.3, 0.4) is 0 Å². The first-order valence-electron chi connectivity index (χ1n) is 9.26. The first-order chi connectivity index (χ1) is 13.1. The van der Waals surface area contributed by atoms with E-state index in [-0.39, 0.29) is 30.9 Å². The summed E-state index contributed by atoms with van der Waals surface area (Å²) in [5.74, 6) is -0.606. The lowest BCUT2D eigenvalue weighted by Crippen LogP contribution is -2.33.